The molecule has 0 amide bonds. The highest BCUT2D eigenvalue weighted by Crippen LogP contribution is 2.12. The van der Waals surface area contributed by atoms with Crippen molar-refractivity contribution in [3.63, 3.8) is 0 Å². The van der Waals surface area contributed by atoms with Crippen LogP contribution in [0.5, 0.6) is 6.01 Å². The Bertz CT molecular complexity index is 495. The topological polar surface area (TPSA) is 52.0 Å². The van der Waals surface area contributed by atoms with E-state index in [1.54, 1.807) is 11.0 Å². The van der Waals surface area contributed by atoms with Gasteiger partial charge in [0.15, 0.2) is 0 Å². The molecule has 0 atom stereocenters. The van der Waals surface area contributed by atoms with Crippen molar-refractivity contribution in [1.29, 1.82) is 0 Å². The zero-order valence-corrected chi connectivity index (χ0v) is 10.8. The number of ether oxygens (including phenoxy) is 1. The molecular weight excluding hydrogens is 228 g/mol. The summed E-state index contributed by atoms with van der Waals surface area (Å²) < 4.78 is 7.20. The third-order valence-electron chi connectivity index (χ3n) is 2.70. The third kappa shape index (κ3) is 3.30. The van der Waals surface area contributed by atoms with Gasteiger partial charge in [-0.25, -0.2) is 0 Å². The Morgan fingerprint density at radius 1 is 1.28 bits per heavy atom. The summed E-state index contributed by atoms with van der Waals surface area (Å²) in [6, 6.07) is 8.69. The Labute approximate surface area is 107 Å². The first kappa shape index (κ1) is 12.6. The van der Waals surface area contributed by atoms with Crippen LogP contribution < -0.4 is 10.1 Å². The van der Waals surface area contributed by atoms with Gasteiger partial charge in [-0.05, 0) is 31.1 Å². The monoisotopic (exact) mass is 246 g/mol. The highest BCUT2D eigenvalue weighted by molar-refractivity contribution is 5.27. The van der Waals surface area contributed by atoms with Gasteiger partial charge in [0, 0.05) is 7.05 Å². The molecule has 1 aromatic carbocycles. The number of hydrogen-bond acceptors (Lipinski definition) is 4. The highest BCUT2D eigenvalue weighted by atomic mass is 16.5. The van der Waals surface area contributed by atoms with Crippen molar-refractivity contribution < 1.29 is 4.74 Å². The van der Waals surface area contributed by atoms with Crippen molar-refractivity contribution in [2.75, 3.05) is 13.6 Å². The summed E-state index contributed by atoms with van der Waals surface area (Å²) in [5.74, 6) is 0. The maximum absolute atomic E-state index is 5.57. The van der Waals surface area contributed by atoms with Crippen LogP contribution in [-0.4, -0.2) is 28.4 Å². The molecule has 0 bridgehead atoms. The van der Waals surface area contributed by atoms with Crippen molar-refractivity contribution in [1.82, 2.24) is 20.1 Å². The summed E-state index contributed by atoms with van der Waals surface area (Å²) in [6.45, 7) is 1.46. The molecule has 1 heterocycles. The number of aryl methyl sites for hydroxylation is 1. The molecule has 0 aliphatic rings. The Morgan fingerprint density at radius 3 is 2.72 bits per heavy atom. The normalized spacial score (nSPS) is 10.6. The molecule has 2 rings (SSSR count). The van der Waals surface area contributed by atoms with Crippen LogP contribution in [-0.2, 0) is 20.1 Å². The van der Waals surface area contributed by atoms with Gasteiger partial charge < -0.3 is 10.1 Å². The van der Waals surface area contributed by atoms with Crippen LogP contribution in [0.25, 0.3) is 0 Å². The van der Waals surface area contributed by atoms with Gasteiger partial charge in [-0.1, -0.05) is 24.3 Å². The van der Waals surface area contributed by atoms with E-state index in [-0.39, 0.29) is 0 Å². The number of rotatable bonds is 6. The van der Waals surface area contributed by atoms with Crippen LogP contribution in [0.15, 0.2) is 30.6 Å². The lowest BCUT2D eigenvalue weighted by Crippen LogP contribution is -2.12. The average Bonchev–Trinajstić information content (AvgIpc) is 2.81. The van der Waals surface area contributed by atoms with Gasteiger partial charge >= 0.3 is 6.01 Å². The Kier molecular flexibility index (Phi) is 4.30. The molecular formula is C13H18N4O. The van der Waals surface area contributed by atoms with Crippen molar-refractivity contribution in [3.05, 3.63) is 41.7 Å². The largest absolute Gasteiger partial charge is 0.458 e. The van der Waals surface area contributed by atoms with E-state index >= 15 is 0 Å². The molecule has 0 spiro atoms. The van der Waals surface area contributed by atoms with Gasteiger partial charge in [0.25, 0.3) is 0 Å². The molecule has 96 valence electrons. The smallest absolute Gasteiger partial charge is 0.335 e. The second kappa shape index (κ2) is 6.16. The van der Waals surface area contributed by atoms with E-state index in [0.717, 1.165) is 13.0 Å². The van der Waals surface area contributed by atoms with E-state index in [2.05, 4.69) is 27.5 Å². The van der Waals surface area contributed by atoms with Crippen molar-refractivity contribution in [3.8, 4) is 6.01 Å². The lowest BCUT2D eigenvalue weighted by molar-refractivity contribution is 0.279. The van der Waals surface area contributed by atoms with Crippen LogP contribution in [0.1, 0.15) is 11.1 Å². The van der Waals surface area contributed by atoms with Crippen LogP contribution in [0.2, 0.25) is 0 Å². The maximum Gasteiger partial charge on any atom is 0.335 e. The summed E-state index contributed by atoms with van der Waals surface area (Å²) in [5.41, 5.74) is 2.47. The standard InChI is InChI=1S/C13H18N4O/c1-14-8-7-11-5-3-4-6-12(11)9-18-13-15-10-17(2)16-13/h3-6,10,14H,7-9H2,1-2H3. The maximum atomic E-state index is 5.57. The molecule has 1 N–H and O–H groups in total. The van der Waals surface area contributed by atoms with E-state index in [4.69, 9.17) is 4.74 Å². The Hall–Kier alpha value is -1.88. The van der Waals surface area contributed by atoms with Crippen LogP contribution in [0.3, 0.4) is 0 Å². The zero-order chi connectivity index (χ0) is 12.8. The summed E-state index contributed by atoms with van der Waals surface area (Å²) >= 11 is 0. The van der Waals surface area contributed by atoms with Gasteiger partial charge in [-0.2, -0.15) is 4.98 Å². The minimum absolute atomic E-state index is 0.418. The Morgan fingerprint density at radius 2 is 2.06 bits per heavy atom. The molecule has 0 saturated heterocycles. The molecule has 0 radical (unpaired) electrons. The molecule has 2 aromatic rings. The lowest BCUT2D eigenvalue weighted by Gasteiger charge is -2.09. The van der Waals surface area contributed by atoms with E-state index < -0.39 is 0 Å². The average molecular weight is 246 g/mol. The molecule has 18 heavy (non-hydrogen) atoms. The molecule has 5 heteroatoms. The van der Waals surface area contributed by atoms with E-state index in [1.807, 2.05) is 26.2 Å². The molecule has 0 fully saturated rings. The zero-order valence-electron chi connectivity index (χ0n) is 10.8. The molecule has 1 aromatic heterocycles. The number of nitrogens with one attached hydrogen (secondary N) is 1. The summed E-state index contributed by atoms with van der Waals surface area (Å²) in [5, 5.41) is 7.24. The number of benzene rings is 1. The van der Waals surface area contributed by atoms with Crippen molar-refractivity contribution in [2.24, 2.45) is 7.05 Å². The van der Waals surface area contributed by atoms with E-state index in [1.165, 1.54) is 11.1 Å². The van der Waals surface area contributed by atoms with Crippen LogP contribution >= 0.6 is 0 Å². The second-order valence-electron chi connectivity index (χ2n) is 4.11. The first-order valence-electron chi connectivity index (χ1n) is 5.99. The minimum atomic E-state index is 0.418. The minimum Gasteiger partial charge on any atom is -0.458 e. The van der Waals surface area contributed by atoms with Crippen LogP contribution in [0.4, 0.5) is 0 Å². The fraction of sp³-hybridized carbons (Fsp3) is 0.385. The van der Waals surface area contributed by atoms with Gasteiger partial charge in [0.1, 0.15) is 12.9 Å². The molecule has 0 aliphatic carbocycles. The first-order chi connectivity index (χ1) is 8.79. The van der Waals surface area contributed by atoms with E-state index in [9.17, 15) is 0 Å². The SMILES string of the molecule is CNCCc1ccccc1COc1ncn(C)n1. The Balaban J connectivity index is 1.99. The number of aromatic nitrogens is 3. The van der Waals surface area contributed by atoms with Gasteiger partial charge in [-0.3, -0.25) is 4.68 Å². The first-order valence-corrected chi connectivity index (χ1v) is 5.99. The third-order valence-corrected chi connectivity index (χ3v) is 2.70. The molecule has 5 nitrogen and oxygen atoms in total. The van der Waals surface area contributed by atoms with E-state index in [0.29, 0.717) is 12.6 Å². The second-order valence-corrected chi connectivity index (χ2v) is 4.11. The van der Waals surface area contributed by atoms with Gasteiger partial charge in [0.05, 0.1) is 0 Å². The quantitative estimate of drug-likeness (QED) is 0.831. The fourth-order valence-corrected chi connectivity index (χ4v) is 1.73. The lowest BCUT2D eigenvalue weighted by atomic mass is 10.1. The van der Waals surface area contributed by atoms with Crippen molar-refractivity contribution >= 4 is 0 Å². The highest BCUT2D eigenvalue weighted by Gasteiger charge is 2.04. The number of nitrogens with zero attached hydrogens (tertiary/aromatic N) is 3. The number of likely N-dealkylation sites (N-methyl/N-ethyl adjacent to an activating group) is 1. The van der Waals surface area contributed by atoms with Crippen LogP contribution in [0, 0.1) is 0 Å². The predicted octanol–water partition coefficient (Wildman–Crippen LogP) is 1.16. The summed E-state index contributed by atoms with van der Waals surface area (Å²) in [7, 11) is 3.78. The fourth-order valence-electron chi connectivity index (χ4n) is 1.73. The molecule has 0 unspecified atom stereocenters. The molecule has 0 aliphatic heterocycles. The van der Waals surface area contributed by atoms with Gasteiger partial charge in [0.2, 0.25) is 0 Å². The number of hydrogen-bond donors (Lipinski definition) is 1. The van der Waals surface area contributed by atoms with Gasteiger partial charge in [-0.15, -0.1) is 5.10 Å². The molecule has 0 saturated carbocycles. The summed E-state index contributed by atoms with van der Waals surface area (Å²) in [4.78, 5) is 4.04. The predicted molar refractivity (Wildman–Crippen MR) is 69.4 cm³/mol. The summed E-state index contributed by atoms with van der Waals surface area (Å²) in [6.07, 6.45) is 2.62. The van der Waals surface area contributed by atoms with Crippen molar-refractivity contribution in [2.45, 2.75) is 13.0 Å².